The van der Waals surface area contributed by atoms with Crippen LogP contribution in [0.3, 0.4) is 0 Å². The Kier molecular flexibility index (Phi) is 4.78. The van der Waals surface area contributed by atoms with Gasteiger partial charge >= 0.3 is 0 Å². The van der Waals surface area contributed by atoms with E-state index in [2.05, 4.69) is 88.1 Å². The molecule has 3 heteroatoms. The lowest BCUT2D eigenvalue weighted by atomic mass is 9.97. The molecule has 0 spiro atoms. The lowest BCUT2D eigenvalue weighted by molar-refractivity contribution is 0.287. The molecule has 1 unspecified atom stereocenters. The van der Waals surface area contributed by atoms with Gasteiger partial charge in [-0.25, -0.2) is 4.99 Å². The van der Waals surface area contributed by atoms with Crippen LogP contribution in [0.15, 0.2) is 65.7 Å². The van der Waals surface area contributed by atoms with E-state index >= 15 is 0 Å². The second kappa shape index (κ2) is 6.69. The molecule has 126 valence electrons. The molecule has 0 amide bonds. The van der Waals surface area contributed by atoms with Gasteiger partial charge in [-0.3, -0.25) is 0 Å². The van der Waals surface area contributed by atoms with Crippen LogP contribution in [0, 0.1) is 5.41 Å². The normalized spacial score (nSPS) is 18.2. The molecule has 2 nitrogen and oxygen atoms in total. The minimum Gasteiger partial charge on any atom is -0.478 e. The number of nitrogens with zero attached hydrogens (tertiary/aromatic N) is 1. The molecule has 0 bridgehead atoms. The van der Waals surface area contributed by atoms with Gasteiger partial charge in [-0.05, 0) is 24.3 Å². The standard InChI is InChI=1S/C21H27NOP/c1-21(2,3)20-22-17(15-23-20)16-24(4,18-11-7-5-8-12-18)19-13-9-6-10-14-19/h5-14,17H,15-16H2,1-4H3/q+1. The van der Waals surface area contributed by atoms with Crippen LogP contribution in [0.4, 0.5) is 0 Å². The maximum Gasteiger partial charge on any atom is 0.189 e. The van der Waals surface area contributed by atoms with E-state index in [0.717, 1.165) is 12.1 Å². The van der Waals surface area contributed by atoms with Crippen LogP contribution < -0.4 is 10.6 Å². The van der Waals surface area contributed by atoms with Crippen molar-refractivity contribution in [3.05, 3.63) is 60.7 Å². The zero-order valence-electron chi connectivity index (χ0n) is 15.1. The van der Waals surface area contributed by atoms with Crippen molar-refractivity contribution < 1.29 is 4.74 Å². The zero-order chi connectivity index (χ0) is 17.2. The highest BCUT2D eigenvalue weighted by Gasteiger charge is 2.42. The average molecular weight is 340 g/mol. The summed E-state index contributed by atoms with van der Waals surface area (Å²) < 4.78 is 5.92. The van der Waals surface area contributed by atoms with Crippen molar-refractivity contribution in [2.75, 3.05) is 19.4 Å². The summed E-state index contributed by atoms with van der Waals surface area (Å²) >= 11 is 0. The van der Waals surface area contributed by atoms with E-state index in [1.54, 1.807) is 0 Å². The predicted molar refractivity (Wildman–Crippen MR) is 106 cm³/mol. The molecular weight excluding hydrogens is 313 g/mol. The molecule has 24 heavy (non-hydrogen) atoms. The van der Waals surface area contributed by atoms with Gasteiger partial charge in [0, 0.05) is 5.41 Å². The minimum atomic E-state index is -1.49. The Morgan fingerprint density at radius 1 is 0.958 bits per heavy atom. The first kappa shape index (κ1) is 17.2. The molecule has 1 atom stereocenters. The highest BCUT2D eigenvalue weighted by molar-refractivity contribution is 7.89. The summed E-state index contributed by atoms with van der Waals surface area (Å²) in [5.74, 6) is 0.903. The van der Waals surface area contributed by atoms with Gasteiger partial charge in [0.25, 0.3) is 0 Å². The Bertz CT molecular complexity index is 664. The van der Waals surface area contributed by atoms with Gasteiger partial charge in [-0.15, -0.1) is 0 Å². The maximum atomic E-state index is 5.92. The summed E-state index contributed by atoms with van der Waals surface area (Å²) in [4.78, 5) is 4.92. The van der Waals surface area contributed by atoms with Gasteiger partial charge in [0.15, 0.2) is 5.90 Å². The fourth-order valence-corrected chi connectivity index (χ4v) is 6.62. The monoisotopic (exact) mass is 340 g/mol. The molecule has 1 aliphatic heterocycles. The van der Waals surface area contributed by atoms with Gasteiger partial charge in [0.1, 0.15) is 12.6 Å². The fourth-order valence-electron chi connectivity index (χ4n) is 3.21. The predicted octanol–water partition coefficient (Wildman–Crippen LogP) is 4.13. The molecule has 0 saturated carbocycles. The van der Waals surface area contributed by atoms with E-state index in [4.69, 9.17) is 9.73 Å². The van der Waals surface area contributed by atoms with Crippen molar-refractivity contribution in [3.63, 3.8) is 0 Å². The summed E-state index contributed by atoms with van der Waals surface area (Å²) in [5.41, 5.74) is -0.0108. The molecule has 0 saturated heterocycles. The smallest absolute Gasteiger partial charge is 0.189 e. The van der Waals surface area contributed by atoms with Crippen molar-refractivity contribution >= 4 is 23.8 Å². The number of hydrogen-bond donors (Lipinski definition) is 0. The number of ether oxygens (including phenoxy) is 1. The first-order valence-corrected chi connectivity index (χ1v) is 11.0. The first-order valence-electron chi connectivity index (χ1n) is 8.57. The van der Waals surface area contributed by atoms with E-state index in [9.17, 15) is 0 Å². The number of benzene rings is 2. The number of hydrogen-bond acceptors (Lipinski definition) is 2. The van der Waals surface area contributed by atoms with E-state index < -0.39 is 7.26 Å². The van der Waals surface area contributed by atoms with Crippen LogP contribution in [0.25, 0.3) is 0 Å². The van der Waals surface area contributed by atoms with Gasteiger partial charge in [-0.2, -0.15) is 0 Å². The first-order chi connectivity index (χ1) is 11.4. The summed E-state index contributed by atoms with van der Waals surface area (Å²) in [7, 11) is -1.49. The second-order valence-corrected chi connectivity index (χ2v) is 11.5. The molecule has 0 aliphatic carbocycles. The Balaban J connectivity index is 1.94. The molecule has 0 aromatic heterocycles. The molecule has 2 aromatic carbocycles. The van der Waals surface area contributed by atoms with E-state index in [1.807, 2.05) is 0 Å². The zero-order valence-corrected chi connectivity index (χ0v) is 16.0. The third kappa shape index (κ3) is 3.54. The molecule has 0 radical (unpaired) electrons. The minimum absolute atomic E-state index is 0.0108. The Labute approximate surface area is 146 Å². The van der Waals surface area contributed by atoms with Crippen molar-refractivity contribution in [1.29, 1.82) is 0 Å². The number of aliphatic imine (C=N–C) groups is 1. The molecule has 3 rings (SSSR count). The topological polar surface area (TPSA) is 21.6 Å². The third-order valence-corrected chi connectivity index (χ3v) is 8.61. The largest absolute Gasteiger partial charge is 0.478 e. The van der Waals surface area contributed by atoms with E-state index in [1.165, 1.54) is 10.6 Å². The Morgan fingerprint density at radius 2 is 1.46 bits per heavy atom. The summed E-state index contributed by atoms with van der Waals surface area (Å²) in [6.07, 6.45) is 1.06. The molecule has 2 aromatic rings. The highest BCUT2D eigenvalue weighted by Crippen LogP contribution is 2.53. The van der Waals surface area contributed by atoms with Crippen molar-refractivity contribution in [1.82, 2.24) is 0 Å². The lowest BCUT2D eigenvalue weighted by Gasteiger charge is -2.24. The Morgan fingerprint density at radius 3 is 1.88 bits per heavy atom. The summed E-state index contributed by atoms with van der Waals surface area (Å²) in [6, 6.07) is 22.1. The fraction of sp³-hybridized carbons (Fsp3) is 0.381. The van der Waals surface area contributed by atoms with E-state index in [-0.39, 0.29) is 11.5 Å². The van der Waals surface area contributed by atoms with Crippen LogP contribution >= 0.6 is 7.26 Å². The third-order valence-electron chi connectivity index (χ3n) is 4.58. The van der Waals surface area contributed by atoms with Gasteiger partial charge in [0.2, 0.25) is 0 Å². The second-order valence-electron chi connectivity index (χ2n) is 7.69. The van der Waals surface area contributed by atoms with Crippen molar-refractivity contribution in [3.8, 4) is 0 Å². The quantitative estimate of drug-likeness (QED) is 0.767. The van der Waals surface area contributed by atoms with Crippen LogP contribution in [-0.4, -0.2) is 31.4 Å². The summed E-state index contributed by atoms with van der Waals surface area (Å²) in [6.45, 7) is 9.63. The maximum absolute atomic E-state index is 5.92. The molecule has 1 aliphatic rings. The molecule has 1 heterocycles. The SMILES string of the molecule is CC(C)(C)C1=NC(C[P+](C)(c2ccccc2)c2ccccc2)CO1. The van der Waals surface area contributed by atoms with Crippen LogP contribution in [0.2, 0.25) is 0 Å². The van der Waals surface area contributed by atoms with Gasteiger partial charge in [-0.1, -0.05) is 57.2 Å². The van der Waals surface area contributed by atoms with Gasteiger partial charge in [0.05, 0.1) is 30.7 Å². The highest BCUT2D eigenvalue weighted by atomic mass is 31.2. The molecule has 0 N–H and O–H groups in total. The van der Waals surface area contributed by atoms with Crippen LogP contribution in [0.5, 0.6) is 0 Å². The average Bonchev–Trinajstić information content (AvgIpc) is 3.05. The van der Waals surface area contributed by atoms with Crippen molar-refractivity contribution in [2.45, 2.75) is 26.8 Å². The van der Waals surface area contributed by atoms with Crippen LogP contribution in [-0.2, 0) is 4.74 Å². The summed E-state index contributed by atoms with van der Waals surface area (Å²) in [5, 5.41) is 2.88. The lowest BCUT2D eigenvalue weighted by Crippen LogP contribution is -2.29. The molecule has 0 fully saturated rings. The van der Waals surface area contributed by atoms with Gasteiger partial charge < -0.3 is 4.74 Å². The number of rotatable bonds is 4. The molecular formula is C21H27NOP+. The van der Waals surface area contributed by atoms with Crippen LogP contribution in [0.1, 0.15) is 20.8 Å². The Hall–Kier alpha value is -1.66. The van der Waals surface area contributed by atoms with E-state index in [0.29, 0.717) is 6.61 Å². The van der Waals surface area contributed by atoms with Crippen molar-refractivity contribution in [2.24, 2.45) is 10.4 Å².